The Kier molecular flexibility index (Phi) is 5.93. The number of aromatic nitrogens is 1. The first-order chi connectivity index (χ1) is 13.6. The Balaban J connectivity index is 1.62. The minimum atomic E-state index is -0.471. The van der Waals surface area contributed by atoms with E-state index in [1.807, 2.05) is 12.3 Å². The third-order valence-corrected chi connectivity index (χ3v) is 5.97. The van der Waals surface area contributed by atoms with E-state index in [-0.39, 0.29) is 17.5 Å². The molecular formula is C22H26ClN3O2. The highest BCUT2D eigenvalue weighted by Crippen LogP contribution is 2.19. The molecule has 2 heterocycles. The molecule has 28 heavy (non-hydrogen) atoms. The number of hydrogen-bond donors (Lipinski definition) is 2. The van der Waals surface area contributed by atoms with Crippen molar-refractivity contribution < 1.29 is 9.90 Å². The van der Waals surface area contributed by atoms with E-state index in [1.54, 1.807) is 0 Å². The highest BCUT2D eigenvalue weighted by molar-refractivity contribution is 6.21. The van der Waals surface area contributed by atoms with Gasteiger partial charge in [0.05, 0.1) is 17.5 Å². The van der Waals surface area contributed by atoms with Gasteiger partial charge in [-0.15, -0.1) is 0 Å². The minimum absolute atomic E-state index is 0.182. The fourth-order valence-corrected chi connectivity index (χ4v) is 4.28. The number of alkyl halides is 1. The van der Waals surface area contributed by atoms with E-state index in [2.05, 4.69) is 33.5 Å². The van der Waals surface area contributed by atoms with Crippen molar-refractivity contribution in [2.24, 2.45) is 4.99 Å². The lowest BCUT2D eigenvalue weighted by Gasteiger charge is -2.28. The quantitative estimate of drug-likeness (QED) is 0.600. The van der Waals surface area contributed by atoms with Crippen LogP contribution in [0, 0.1) is 0 Å². The summed E-state index contributed by atoms with van der Waals surface area (Å²) in [5.74, 6) is -0.207. The number of nitrogens with one attached hydrogen (secondary N) is 1. The van der Waals surface area contributed by atoms with E-state index in [9.17, 15) is 9.90 Å². The first kappa shape index (κ1) is 19.3. The summed E-state index contributed by atoms with van der Waals surface area (Å²) in [6.07, 6.45) is 14.7. The van der Waals surface area contributed by atoms with Crippen LogP contribution in [0.3, 0.4) is 0 Å². The molecule has 1 saturated carbocycles. The van der Waals surface area contributed by atoms with Gasteiger partial charge < -0.3 is 10.4 Å². The van der Waals surface area contributed by atoms with Gasteiger partial charge in [0.1, 0.15) is 11.2 Å². The number of amides is 1. The third-order valence-electron chi connectivity index (χ3n) is 5.68. The van der Waals surface area contributed by atoms with Gasteiger partial charge in [0.15, 0.2) is 0 Å². The lowest BCUT2D eigenvalue weighted by atomic mass is 9.92. The Hall–Kier alpha value is -1.98. The zero-order chi connectivity index (χ0) is 19.5. The monoisotopic (exact) mass is 399 g/mol. The number of allylic oxidation sites excluding steroid dienone is 1. The minimum Gasteiger partial charge on any atom is -0.391 e. The van der Waals surface area contributed by atoms with E-state index in [0.29, 0.717) is 12.1 Å². The Labute approximate surface area is 169 Å². The van der Waals surface area contributed by atoms with E-state index in [0.717, 1.165) is 66.7 Å². The van der Waals surface area contributed by atoms with Gasteiger partial charge in [-0.05, 0) is 54.5 Å². The number of aliphatic imine (C=N–C) groups is 1. The molecule has 3 atom stereocenters. The van der Waals surface area contributed by atoms with Gasteiger partial charge in [-0.2, -0.15) is 0 Å². The lowest BCUT2D eigenvalue weighted by molar-refractivity contribution is 0.0713. The molecule has 0 saturated heterocycles. The molecule has 148 valence electrons. The van der Waals surface area contributed by atoms with E-state index < -0.39 is 6.10 Å². The Morgan fingerprint density at radius 2 is 2.04 bits per heavy atom. The second kappa shape index (κ2) is 8.58. The smallest absolute Gasteiger partial charge is 0.270 e. The number of carbonyl (C=O) groups excluding carboxylic acids is 1. The van der Waals surface area contributed by atoms with E-state index >= 15 is 0 Å². The molecule has 2 N–H and O–H groups in total. The number of hydrogen-bond acceptors (Lipinski definition) is 4. The number of carbonyl (C=O) groups is 1. The van der Waals surface area contributed by atoms with Gasteiger partial charge in [0, 0.05) is 12.6 Å². The highest BCUT2D eigenvalue weighted by Gasteiger charge is 2.25. The first-order valence-corrected chi connectivity index (χ1v) is 10.6. The van der Waals surface area contributed by atoms with Crippen LogP contribution in [-0.4, -0.2) is 39.9 Å². The number of fused-ring (bicyclic) bond motifs is 1. The van der Waals surface area contributed by atoms with Crippen LogP contribution in [0.1, 0.15) is 61.0 Å². The van der Waals surface area contributed by atoms with Gasteiger partial charge in [-0.1, -0.05) is 42.7 Å². The lowest BCUT2D eigenvalue weighted by Crippen LogP contribution is -2.46. The maximum absolute atomic E-state index is 12.9. The first-order valence-electron chi connectivity index (χ1n) is 10.2. The summed E-state index contributed by atoms with van der Waals surface area (Å²) in [7, 11) is 0. The molecule has 1 aromatic heterocycles. The molecule has 1 aliphatic heterocycles. The molecule has 0 aromatic carbocycles. The predicted octanol–water partition coefficient (Wildman–Crippen LogP) is 1.98. The molecule has 6 heteroatoms. The van der Waals surface area contributed by atoms with Gasteiger partial charge >= 0.3 is 0 Å². The SMILES string of the molecule is O=C(N[C@H]1CCCC[C@@H]1O)c1cc(CC2=CCC(Cl)N=C2)c2c(n1)=CCCC=2. The number of aliphatic hydroxyl groups excluding tert-OH is 1. The molecule has 0 spiro atoms. The molecule has 1 aromatic rings. The Morgan fingerprint density at radius 3 is 2.82 bits per heavy atom. The van der Waals surface area contributed by atoms with Crippen LogP contribution in [0.4, 0.5) is 0 Å². The van der Waals surface area contributed by atoms with Crippen LogP contribution in [0.2, 0.25) is 0 Å². The van der Waals surface area contributed by atoms with Gasteiger partial charge in [0.25, 0.3) is 5.91 Å². The highest BCUT2D eigenvalue weighted by atomic mass is 35.5. The zero-order valence-corrected chi connectivity index (χ0v) is 16.7. The van der Waals surface area contributed by atoms with Gasteiger partial charge in [-0.3, -0.25) is 9.79 Å². The van der Waals surface area contributed by atoms with Gasteiger partial charge in [-0.25, -0.2) is 4.98 Å². The van der Waals surface area contributed by atoms with Crippen molar-refractivity contribution in [1.82, 2.24) is 10.3 Å². The van der Waals surface area contributed by atoms with Crippen LogP contribution in [-0.2, 0) is 6.42 Å². The standard InChI is InChI=1S/C22H26ClN3O2/c23-21-10-9-14(13-24-21)11-15-12-19(25-17-6-2-1-5-16(15)17)22(28)26-18-7-3-4-8-20(18)27/h5-6,9,12-13,18,20-21,27H,1-4,7-8,10-11H2,(H,26,28)/t18-,20-,21?/m0/s1. The van der Waals surface area contributed by atoms with Crippen molar-refractivity contribution in [3.63, 3.8) is 0 Å². The average Bonchev–Trinajstić information content (AvgIpc) is 2.71. The summed E-state index contributed by atoms with van der Waals surface area (Å²) in [6.45, 7) is 0. The van der Waals surface area contributed by atoms with E-state index in [4.69, 9.17) is 11.6 Å². The van der Waals surface area contributed by atoms with Crippen molar-refractivity contribution >= 4 is 35.9 Å². The van der Waals surface area contributed by atoms with Crippen LogP contribution in [0.25, 0.3) is 12.2 Å². The second-order valence-electron chi connectivity index (χ2n) is 7.79. The third kappa shape index (κ3) is 4.36. The molecule has 3 aliphatic rings. The number of pyridine rings is 1. The number of nitrogens with zero attached hydrogens (tertiary/aromatic N) is 2. The normalized spacial score (nSPS) is 26.5. The van der Waals surface area contributed by atoms with Crippen molar-refractivity contribution in [3.05, 3.63) is 39.5 Å². The molecule has 4 rings (SSSR count). The fourth-order valence-electron chi connectivity index (χ4n) is 4.13. The topological polar surface area (TPSA) is 74.6 Å². The molecule has 2 aliphatic carbocycles. The van der Waals surface area contributed by atoms with E-state index in [1.165, 1.54) is 0 Å². The average molecular weight is 400 g/mol. The van der Waals surface area contributed by atoms with Gasteiger partial charge in [0.2, 0.25) is 0 Å². The van der Waals surface area contributed by atoms with Crippen LogP contribution in [0.15, 0.2) is 22.7 Å². The van der Waals surface area contributed by atoms with Crippen LogP contribution < -0.4 is 15.9 Å². The summed E-state index contributed by atoms with van der Waals surface area (Å²) in [6, 6.07) is 1.70. The molecular weight excluding hydrogens is 374 g/mol. The van der Waals surface area contributed by atoms with Crippen LogP contribution >= 0.6 is 11.6 Å². The maximum Gasteiger partial charge on any atom is 0.270 e. The van der Waals surface area contributed by atoms with Crippen molar-refractivity contribution in [1.29, 1.82) is 0 Å². The van der Waals surface area contributed by atoms with Crippen LogP contribution in [0.5, 0.6) is 0 Å². The summed E-state index contributed by atoms with van der Waals surface area (Å²) in [4.78, 5) is 21.8. The molecule has 1 unspecified atom stereocenters. The summed E-state index contributed by atoms with van der Waals surface area (Å²) >= 11 is 6.03. The molecule has 1 amide bonds. The molecule has 1 fully saturated rings. The maximum atomic E-state index is 12.9. The number of halogens is 1. The number of dihydropyridines is 1. The number of aliphatic hydroxyl groups is 1. The number of rotatable bonds is 4. The largest absolute Gasteiger partial charge is 0.391 e. The summed E-state index contributed by atoms with van der Waals surface area (Å²) < 4.78 is 0. The predicted molar refractivity (Wildman–Crippen MR) is 112 cm³/mol. The Morgan fingerprint density at radius 1 is 1.21 bits per heavy atom. The van der Waals surface area contributed by atoms with Crippen molar-refractivity contribution in [2.45, 2.75) is 69.0 Å². The van der Waals surface area contributed by atoms with Crippen molar-refractivity contribution in [2.75, 3.05) is 0 Å². The summed E-state index contributed by atoms with van der Waals surface area (Å²) in [5.41, 5.74) is 2.43. The fraction of sp³-hybridized carbons (Fsp3) is 0.500. The Bertz CT molecular complexity index is 938. The molecule has 0 radical (unpaired) electrons. The second-order valence-corrected chi connectivity index (χ2v) is 8.29. The summed E-state index contributed by atoms with van der Waals surface area (Å²) in [5, 5.41) is 15.2. The molecule has 0 bridgehead atoms. The zero-order valence-electron chi connectivity index (χ0n) is 15.9. The van der Waals surface area contributed by atoms with Crippen molar-refractivity contribution in [3.8, 4) is 0 Å². The molecule has 5 nitrogen and oxygen atoms in total.